The van der Waals surface area contributed by atoms with Crippen molar-refractivity contribution in [1.82, 2.24) is 4.98 Å². The first-order chi connectivity index (χ1) is 10.4. The van der Waals surface area contributed by atoms with Crippen LogP contribution in [0.15, 0.2) is 60.7 Å². The van der Waals surface area contributed by atoms with Crippen LogP contribution in [0.3, 0.4) is 0 Å². The van der Waals surface area contributed by atoms with Gasteiger partial charge in [-0.2, -0.15) is 0 Å². The van der Waals surface area contributed by atoms with Gasteiger partial charge in [-0.1, -0.05) is 42.5 Å². The average Bonchev–Trinajstić information content (AvgIpc) is 2.55. The van der Waals surface area contributed by atoms with Gasteiger partial charge in [0.05, 0.1) is 5.52 Å². The molecular weight excluding hydrogens is 256 g/mol. The van der Waals surface area contributed by atoms with Crippen molar-refractivity contribution < 1.29 is 0 Å². The first kappa shape index (κ1) is 12.4. The van der Waals surface area contributed by atoms with Gasteiger partial charge in [-0.3, -0.25) is 0 Å². The van der Waals surface area contributed by atoms with E-state index < -0.39 is 0 Å². The largest absolute Gasteiger partial charge is 0.367 e. The second kappa shape index (κ2) is 5.21. The molecule has 0 saturated heterocycles. The lowest BCUT2D eigenvalue weighted by atomic mass is 9.88. The topological polar surface area (TPSA) is 24.9 Å². The molecule has 0 amide bonds. The molecule has 1 unspecified atom stereocenters. The van der Waals surface area contributed by atoms with E-state index in [4.69, 9.17) is 4.98 Å². The summed E-state index contributed by atoms with van der Waals surface area (Å²) < 4.78 is 0. The van der Waals surface area contributed by atoms with Crippen LogP contribution in [0.25, 0.3) is 10.9 Å². The van der Waals surface area contributed by atoms with E-state index in [1.807, 2.05) is 6.07 Å². The molecule has 1 N–H and O–H groups in total. The lowest BCUT2D eigenvalue weighted by Crippen LogP contribution is -2.27. The smallest absolute Gasteiger partial charge is 0.126 e. The number of fused-ring (bicyclic) bond motifs is 2. The fraction of sp³-hybridized carbons (Fsp3) is 0.211. The highest BCUT2D eigenvalue weighted by molar-refractivity contribution is 5.80. The van der Waals surface area contributed by atoms with Crippen molar-refractivity contribution in [2.24, 2.45) is 0 Å². The molecule has 3 aromatic rings. The fourth-order valence-electron chi connectivity index (χ4n) is 3.18. The molecule has 2 heteroatoms. The van der Waals surface area contributed by atoms with E-state index in [9.17, 15) is 0 Å². The maximum atomic E-state index is 4.71. The van der Waals surface area contributed by atoms with Gasteiger partial charge in [0.15, 0.2) is 0 Å². The Balaban J connectivity index is 1.55. The average molecular weight is 274 g/mol. The van der Waals surface area contributed by atoms with Gasteiger partial charge in [0.2, 0.25) is 0 Å². The molecule has 0 bridgehead atoms. The molecule has 104 valence electrons. The molecule has 1 aliphatic rings. The monoisotopic (exact) mass is 274 g/mol. The number of benzene rings is 2. The SMILES string of the molecule is c1ccc2c(c1)CCC(Nc1ccc3ccccc3n1)C2. The highest BCUT2D eigenvalue weighted by Crippen LogP contribution is 2.24. The van der Waals surface area contributed by atoms with Crippen LogP contribution >= 0.6 is 0 Å². The summed E-state index contributed by atoms with van der Waals surface area (Å²) in [5.41, 5.74) is 4.03. The summed E-state index contributed by atoms with van der Waals surface area (Å²) in [6.45, 7) is 0. The van der Waals surface area contributed by atoms with Crippen LogP contribution in [-0.2, 0) is 12.8 Å². The van der Waals surface area contributed by atoms with Gasteiger partial charge in [-0.25, -0.2) is 4.98 Å². The first-order valence-corrected chi connectivity index (χ1v) is 7.57. The number of aryl methyl sites for hydroxylation is 1. The number of hydrogen-bond acceptors (Lipinski definition) is 2. The second-order valence-electron chi connectivity index (χ2n) is 5.74. The van der Waals surface area contributed by atoms with Crippen molar-refractivity contribution >= 4 is 16.7 Å². The lowest BCUT2D eigenvalue weighted by molar-refractivity contribution is 0.609. The maximum absolute atomic E-state index is 4.71. The van der Waals surface area contributed by atoms with Crippen LogP contribution in [0.4, 0.5) is 5.82 Å². The third kappa shape index (κ3) is 2.49. The second-order valence-corrected chi connectivity index (χ2v) is 5.74. The number of hydrogen-bond donors (Lipinski definition) is 1. The zero-order chi connectivity index (χ0) is 14.1. The Morgan fingerprint density at radius 2 is 1.67 bits per heavy atom. The van der Waals surface area contributed by atoms with Crippen LogP contribution < -0.4 is 5.32 Å². The third-order valence-corrected chi connectivity index (χ3v) is 4.30. The van der Waals surface area contributed by atoms with Crippen molar-refractivity contribution in [2.75, 3.05) is 5.32 Å². The standard InChI is InChI=1S/C19H18N2/c1-2-7-16-13-17(11-9-14(16)5-1)20-19-12-10-15-6-3-4-8-18(15)21-19/h1-8,10,12,17H,9,11,13H2,(H,20,21). The summed E-state index contributed by atoms with van der Waals surface area (Å²) in [7, 11) is 0. The van der Waals surface area contributed by atoms with Gasteiger partial charge >= 0.3 is 0 Å². The molecule has 1 heterocycles. The van der Waals surface area contributed by atoms with E-state index in [1.165, 1.54) is 22.9 Å². The molecule has 0 fully saturated rings. The summed E-state index contributed by atoms with van der Waals surface area (Å²) in [6, 6.07) is 21.7. The van der Waals surface area contributed by atoms with Crippen molar-refractivity contribution in [2.45, 2.75) is 25.3 Å². The zero-order valence-electron chi connectivity index (χ0n) is 11.9. The highest BCUT2D eigenvalue weighted by Gasteiger charge is 2.18. The predicted octanol–water partition coefficient (Wildman–Crippen LogP) is 4.20. The minimum atomic E-state index is 0.480. The highest BCUT2D eigenvalue weighted by atomic mass is 15.0. The van der Waals surface area contributed by atoms with Crippen molar-refractivity contribution in [3.05, 3.63) is 71.8 Å². The molecule has 0 saturated carbocycles. The molecule has 2 nitrogen and oxygen atoms in total. The number of rotatable bonds is 2. The Bertz CT molecular complexity index is 779. The lowest BCUT2D eigenvalue weighted by Gasteiger charge is -2.26. The summed E-state index contributed by atoms with van der Waals surface area (Å²) in [6.07, 6.45) is 3.41. The molecule has 0 radical (unpaired) electrons. The molecule has 1 aliphatic carbocycles. The van der Waals surface area contributed by atoms with Crippen LogP contribution in [0.2, 0.25) is 0 Å². The van der Waals surface area contributed by atoms with E-state index in [-0.39, 0.29) is 0 Å². The molecule has 1 atom stereocenters. The quantitative estimate of drug-likeness (QED) is 0.757. The molecule has 21 heavy (non-hydrogen) atoms. The van der Waals surface area contributed by atoms with Crippen LogP contribution in [0.1, 0.15) is 17.5 Å². The number of para-hydroxylation sites is 1. The molecule has 2 aromatic carbocycles. The van der Waals surface area contributed by atoms with Crippen LogP contribution in [-0.4, -0.2) is 11.0 Å². The molecule has 1 aromatic heterocycles. The van der Waals surface area contributed by atoms with Gasteiger partial charge in [-0.05, 0) is 48.6 Å². The normalized spacial score (nSPS) is 17.4. The third-order valence-electron chi connectivity index (χ3n) is 4.30. The van der Waals surface area contributed by atoms with Crippen molar-refractivity contribution in [3.8, 4) is 0 Å². The Hall–Kier alpha value is -2.35. The van der Waals surface area contributed by atoms with Crippen molar-refractivity contribution in [1.29, 1.82) is 0 Å². The van der Waals surface area contributed by atoms with Crippen LogP contribution in [0.5, 0.6) is 0 Å². The Kier molecular flexibility index (Phi) is 3.07. The minimum Gasteiger partial charge on any atom is -0.367 e. The minimum absolute atomic E-state index is 0.480. The van der Waals surface area contributed by atoms with Gasteiger partial charge in [0, 0.05) is 11.4 Å². The number of pyridine rings is 1. The van der Waals surface area contributed by atoms with Gasteiger partial charge < -0.3 is 5.32 Å². The Morgan fingerprint density at radius 3 is 2.62 bits per heavy atom. The van der Waals surface area contributed by atoms with Crippen molar-refractivity contribution in [3.63, 3.8) is 0 Å². The number of nitrogens with one attached hydrogen (secondary N) is 1. The van der Waals surface area contributed by atoms with E-state index in [1.54, 1.807) is 0 Å². The molecule has 0 spiro atoms. The molecule has 0 aliphatic heterocycles. The predicted molar refractivity (Wildman–Crippen MR) is 87.6 cm³/mol. The Labute approximate surface area is 124 Å². The number of aromatic nitrogens is 1. The van der Waals surface area contributed by atoms with E-state index in [0.29, 0.717) is 6.04 Å². The summed E-state index contributed by atoms with van der Waals surface area (Å²) >= 11 is 0. The fourth-order valence-corrected chi connectivity index (χ4v) is 3.18. The van der Waals surface area contributed by atoms with Gasteiger partial charge in [0.25, 0.3) is 0 Å². The number of nitrogens with zero attached hydrogens (tertiary/aromatic N) is 1. The first-order valence-electron chi connectivity index (χ1n) is 7.57. The summed E-state index contributed by atoms with van der Waals surface area (Å²) in [4.78, 5) is 4.71. The van der Waals surface area contributed by atoms with Gasteiger partial charge in [-0.15, -0.1) is 0 Å². The van der Waals surface area contributed by atoms with E-state index >= 15 is 0 Å². The maximum Gasteiger partial charge on any atom is 0.126 e. The molecule has 4 rings (SSSR count). The van der Waals surface area contributed by atoms with E-state index in [0.717, 1.165) is 24.2 Å². The van der Waals surface area contributed by atoms with Crippen LogP contribution in [0, 0.1) is 0 Å². The Morgan fingerprint density at radius 1 is 0.857 bits per heavy atom. The number of anilines is 1. The summed E-state index contributed by atoms with van der Waals surface area (Å²) in [5.74, 6) is 0.984. The van der Waals surface area contributed by atoms with E-state index in [2.05, 4.69) is 59.9 Å². The van der Waals surface area contributed by atoms with Gasteiger partial charge in [0.1, 0.15) is 5.82 Å². The summed E-state index contributed by atoms with van der Waals surface area (Å²) in [5, 5.41) is 4.79. The molecular formula is C19H18N2. The zero-order valence-corrected chi connectivity index (χ0v) is 11.9.